The fourth-order valence-corrected chi connectivity index (χ4v) is 2.01. The van der Waals surface area contributed by atoms with Crippen LogP contribution in [-0.4, -0.2) is 21.9 Å². The van der Waals surface area contributed by atoms with Crippen molar-refractivity contribution in [2.75, 3.05) is 0 Å². The molecule has 1 amide bonds. The van der Waals surface area contributed by atoms with Gasteiger partial charge in [-0.05, 0) is 12.8 Å². The van der Waals surface area contributed by atoms with E-state index in [0.29, 0.717) is 6.54 Å². The summed E-state index contributed by atoms with van der Waals surface area (Å²) in [5, 5.41) is 2.87. The maximum Gasteiger partial charge on any atom is 0.224 e. The highest BCUT2D eigenvalue weighted by atomic mass is 16.1. The number of carbonyl (C=O) groups excluding carboxylic acids is 1. The van der Waals surface area contributed by atoms with Crippen LogP contribution in [0.4, 0.5) is 0 Å². The molecule has 82 valence electrons. The monoisotopic (exact) mass is 208 g/mol. The number of aromatic amines is 1. The maximum absolute atomic E-state index is 11.7. The van der Waals surface area contributed by atoms with Crippen LogP contribution in [0.2, 0.25) is 0 Å². The third-order valence-electron chi connectivity index (χ3n) is 2.91. The molecule has 2 rings (SSSR count). The van der Waals surface area contributed by atoms with Crippen LogP contribution in [-0.2, 0) is 11.3 Å². The Kier molecular flexibility index (Phi) is 3.01. The zero-order chi connectivity index (χ0) is 10.7. The predicted molar refractivity (Wildman–Crippen MR) is 55.8 cm³/mol. The van der Waals surface area contributed by atoms with E-state index in [1.807, 2.05) is 0 Å². The summed E-state index contributed by atoms with van der Waals surface area (Å²) in [6.45, 7) is 0.502. The van der Waals surface area contributed by atoms with Gasteiger partial charge in [0.05, 0.1) is 24.5 Å². The molecular weight excluding hydrogens is 192 g/mol. The van der Waals surface area contributed by atoms with Gasteiger partial charge in [-0.15, -0.1) is 0 Å². The number of H-pyrrole nitrogens is 1. The molecule has 5 heteroatoms. The third kappa shape index (κ3) is 2.36. The highest BCUT2D eigenvalue weighted by Gasteiger charge is 2.29. The Morgan fingerprint density at radius 2 is 2.53 bits per heavy atom. The van der Waals surface area contributed by atoms with Crippen molar-refractivity contribution in [1.82, 2.24) is 15.3 Å². The summed E-state index contributed by atoms with van der Waals surface area (Å²) >= 11 is 0. The Hall–Kier alpha value is -1.36. The first kappa shape index (κ1) is 10.2. The van der Waals surface area contributed by atoms with Crippen molar-refractivity contribution < 1.29 is 4.79 Å². The van der Waals surface area contributed by atoms with Crippen molar-refractivity contribution >= 4 is 5.91 Å². The first-order valence-electron chi connectivity index (χ1n) is 5.28. The molecular formula is C10H16N4O. The second-order valence-corrected chi connectivity index (χ2v) is 4.00. The number of carbonyl (C=O) groups is 1. The molecule has 0 saturated heterocycles. The van der Waals surface area contributed by atoms with Gasteiger partial charge in [-0.3, -0.25) is 4.79 Å². The minimum Gasteiger partial charge on any atom is -0.350 e. The van der Waals surface area contributed by atoms with Crippen LogP contribution in [0.1, 0.15) is 25.0 Å². The zero-order valence-electron chi connectivity index (χ0n) is 8.57. The number of hydrogen-bond acceptors (Lipinski definition) is 3. The first-order valence-corrected chi connectivity index (χ1v) is 5.28. The van der Waals surface area contributed by atoms with Gasteiger partial charge in [-0.25, -0.2) is 4.98 Å². The molecule has 2 atom stereocenters. The van der Waals surface area contributed by atoms with Crippen LogP contribution in [0.15, 0.2) is 12.5 Å². The van der Waals surface area contributed by atoms with E-state index >= 15 is 0 Å². The number of rotatable bonds is 3. The van der Waals surface area contributed by atoms with Gasteiger partial charge in [0.2, 0.25) is 5.91 Å². The molecule has 1 aliphatic rings. The summed E-state index contributed by atoms with van der Waals surface area (Å²) < 4.78 is 0. The molecule has 1 saturated carbocycles. The standard InChI is InChI=1S/C10H16N4O/c11-9-3-1-2-8(9)10(15)13-5-7-4-12-6-14-7/h4,6,8-9H,1-3,5,11H2,(H,12,14)(H,13,15). The highest BCUT2D eigenvalue weighted by Crippen LogP contribution is 2.23. The van der Waals surface area contributed by atoms with Crippen LogP contribution in [0.3, 0.4) is 0 Å². The van der Waals surface area contributed by atoms with Crippen molar-refractivity contribution in [3.63, 3.8) is 0 Å². The van der Waals surface area contributed by atoms with Gasteiger partial charge in [0.15, 0.2) is 0 Å². The zero-order valence-corrected chi connectivity index (χ0v) is 8.57. The van der Waals surface area contributed by atoms with Gasteiger partial charge in [0.25, 0.3) is 0 Å². The summed E-state index contributed by atoms with van der Waals surface area (Å²) in [4.78, 5) is 18.5. The largest absolute Gasteiger partial charge is 0.350 e. The maximum atomic E-state index is 11.7. The van der Waals surface area contributed by atoms with E-state index in [1.165, 1.54) is 0 Å². The minimum absolute atomic E-state index is 0.00655. The quantitative estimate of drug-likeness (QED) is 0.661. The van der Waals surface area contributed by atoms with E-state index in [2.05, 4.69) is 15.3 Å². The minimum atomic E-state index is -0.00655. The van der Waals surface area contributed by atoms with Crippen LogP contribution in [0.25, 0.3) is 0 Å². The number of hydrogen-bond donors (Lipinski definition) is 3. The number of nitrogens with one attached hydrogen (secondary N) is 2. The molecule has 0 spiro atoms. The molecule has 2 unspecified atom stereocenters. The van der Waals surface area contributed by atoms with E-state index in [0.717, 1.165) is 25.0 Å². The van der Waals surface area contributed by atoms with Gasteiger partial charge in [0, 0.05) is 12.2 Å². The summed E-state index contributed by atoms with van der Waals surface area (Å²) in [7, 11) is 0. The summed E-state index contributed by atoms with van der Waals surface area (Å²) in [5.74, 6) is 0.0579. The van der Waals surface area contributed by atoms with Crippen LogP contribution < -0.4 is 11.1 Å². The fraction of sp³-hybridized carbons (Fsp3) is 0.600. The topological polar surface area (TPSA) is 83.8 Å². The average Bonchev–Trinajstić information content (AvgIpc) is 2.84. The summed E-state index contributed by atoms with van der Waals surface area (Å²) in [6.07, 6.45) is 6.24. The second kappa shape index (κ2) is 4.44. The van der Waals surface area contributed by atoms with Crippen molar-refractivity contribution in [3.05, 3.63) is 18.2 Å². The fourth-order valence-electron chi connectivity index (χ4n) is 2.01. The Bertz CT molecular complexity index is 322. The first-order chi connectivity index (χ1) is 7.27. The molecule has 0 aliphatic heterocycles. The third-order valence-corrected chi connectivity index (χ3v) is 2.91. The molecule has 0 bridgehead atoms. The van der Waals surface area contributed by atoms with Crippen LogP contribution in [0.5, 0.6) is 0 Å². The van der Waals surface area contributed by atoms with Gasteiger partial charge >= 0.3 is 0 Å². The van der Waals surface area contributed by atoms with Crippen molar-refractivity contribution in [3.8, 4) is 0 Å². The summed E-state index contributed by atoms with van der Waals surface area (Å²) in [6, 6.07) is 0.0340. The van der Waals surface area contributed by atoms with E-state index in [4.69, 9.17) is 5.73 Å². The smallest absolute Gasteiger partial charge is 0.224 e. The lowest BCUT2D eigenvalue weighted by molar-refractivity contribution is -0.125. The van der Waals surface area contributed by atoms with Crippen molar-refractivity contribution in [2.45, 2.75) is 31.8 Å². The second-order valence-electron chi connectivity index (χ2n) is 4.00. The lowest BCUT2D eigenvalue weighted by Gasteiger charge is -2.14. The molecule has 1 aromatic rings. The SMILES string of the molecule is NC1CCCC1C(=O)NCc1cnc[nH]1. The predicted octanol–water partition coefficient (Wildman–Crippen LogP) is 0.153. The lowest BCUT2D eigenvalue weighted by atomic mass is 10.0. The Labute approximate surface area is 88.5 Å². The van der Waals surface area contributed by atoms with Crippen molar-refractivity contribution in [1.29, 1.82) is 0 Å². The number of nitrogens with zero attached hydrogens (tertiary/aromatic N) is 1. The van der Waals surface area contributed by atoms with Crippen LogP contribution in [0, 0.1) is 5.92 Å². The molecule has 1 heterocycles. The van der Waals surface area contributed by atoms with Crippen LogP contribution >= 0.6 is 0 Å². The average molecular weight is 208 g/mol. The number of imidazole rings is 1. The molecule has 0 aromatic carbocycles. The molecule has 0 radical (unpaired) electrons. The van der Waals surface area contributed by atoms with Gasteiger partial charge in [-0.2, -0.15) is 0 Å². The number of nitrogens with two attached hydrogens (primary N) is 1. The van der Waals surface area contributed by atoms with Gasteiger partial charge < -0.3 is 16.0 Å². The molecule has 5 nitrogen and oxygen atoms in total. The van der Waals surface area contributed by atoms with E-state index in [-0.39, 0.29) is 17.9 Å². The van der Waals surface area contributed by atoms with E-state index in [1.54, 1.807) is 12.5 Å². The molecule has 1 aromatic heterocycles. The number of aromatic nitrogens is 2. The lowest BCUT2D eigenvalue weighted by Crippen LogP contribution is -2.38. The normalized spacial score (nSPS) is 25.4. The highest BCUT2D eigenvalue weighted by molar-refractivity contribution is 5.79. The Morgan fingerprint density at radius 1 is 1.67 bits per heavy atom. The van der Waals surface area contributed by atoms with Gasteiger partial charge in [0.1, 0.15) is 0 Å². The Morgan fingerprint density at radius 3 is 3.13 bits per heavy atom. The Balaban J connectivity index is 1.82. The molecule has 1 aliphatic carbocycles. The van der Waals surface area contributed by atoms with Crippen molar-refractivity contribution in [2.24, 2.45) is 11.7 Å². The molecule has 15 heavy (non-hydrogen) atoms. The summed E-state index contributed by atoms with van der Waals surface area (Å²) in [5.41, 5.74) is 6.76. The van der Waals surface area contributed by atoms with Gasteiger partial charge in [-0.1, -0.05) is 6.42 Å². The van der Waals surface area contributed by atoms with E-state index in [9.17, 15) is 4.79 Å². The number of amides is 1. The molecule has 1 fully saturated rings. The van der Waals surface area contributed by atoms with E-state index < -0.39 is 0 Å². The molecule has 4 N–H and O–H groups in total.